The maximum absolute atomic E-state index is 14.1. The van der Waals surface area contributed by atoms with Crippen LogP contribution in [0.3, 0.4) is 0 Å². The second-order valence-electron chi connectivity index (χ2n) is 14.4. The Labute approximate surface area is 278 Å². The summed E-state index contributed by atoms with van der Waals surface area (Å²) >= 11 is 0. The molecule has 1 saturated carbocycles. The molecule has 1 N–H and O–H groups in total. The molecule has 2 heterocycles. The number of ether oxygens (including phenoxy) is 2. The summed E-state index contributed by atoms with van der Waals surface area (Å²) < 4.78 is 12.7. The van der Waals surface area contributed by atoms with Crippen molar-refractivity contribution in [2.45, 2.75) is 83.4 Å². The van der Waals surface area contributed by atoms with Crippen molar-refractivity contribution >= 4 is 18.0 Å². The number of likely N-dealkylation sites (tertiary alicyclic amines) is 1. The highest BCUT2D eigenvalue weighted by Gasteiger charge is 2.67. The third-order valence-electron chi connectivity index (χ3n) is 11.0. The molecule has 47 heavy (non-hydrogen) atoms. The van der Waals surface area contributed by atoms with E-state index in [1.165, 1.54) is 12.5 Å². The van der Waals surface area contributed by atoms with Crippen LogP contribution in [0.25, 0.3) is 6.08 Å². The molecular weight excluding hydrogens is 588 g/mol. The van der Waals surface area contributed by atoms with Crippen molar-refractivity contribution in [1.29, 1.82) is 0 Å². The van der Waals surface area contributed by atoms with Gasteiger partial charge in [-0.25, -0.2) is 0 Å². The quantitative estimate of drug-likeness (QED) is 0.165. The summed E-state index contributed by atoms with van der Waals surface area (Å²) in [5, 5.41) is 11.4. The van der Waals surface area contributed by atoms with Crippen molar-refractivity contribution in [3.05, 3.63) is 94.6 Å². The number of carbonyl (C=O) groups is 2. The summed E-state index contributed by atoms with van der Waals surface area (Å²) in [4.78, 5) is 31.0. The number of hydrogen-bond acceptors (Lipinski definition) is 6. The molecule has 2 bridgehead atoms. The van der Waals surface area contributed by atoms with Gasteiger partial charge in [-0.1, -0.05) is 74.0 Å². The van der Waals surface area contributed by atoms with Gasteiger partial charge in [0.1, 0.15) is 11.9 Å². The summed E-state index contributed by atoms with van der Waals surface area (Å²) in [5.74, 6) is 1.10. The number of amides is 1. The second kappa shape index (κ2) is 12.5. The maximum atomic E-state index is 14.1. The molecule has 3 aromatic rings. The average molecular weight is 635 g/mol. The molecule has 7 rings (SSSR count). The van der Waals surface area contributed by atoms with Crippen molar-refractivity contribution < 1.29 is 24.2 Å². The Morgan fingerprint density at radius 3 is 2.68 bits per heavy atom. The molecule has 1 spiro atoms. The van der Waals surface area contributed by atoms with Crippen LogP contribution in [-0.4, -0.2) is 64.6 Å². The average Bonchev–Trinajstić information content (AvgIpc) is 3.39. The van der Waals surface area contributed by atoms with Crippen LogP contribution < -0.4 is 9.47 Å². The lowest BCUT2D eigenvalue weighted by Crippen LogP contribution is -2.69. The second-order valence-corrected chi connectivity index (χ2v) is 14.4. The van der Waals surface area contributed by atoms with E-state index in [-0.39, 0.29) is 41.2 Å². The van der Waals surface area contributed by atoms with E-state index in [2.05, 4.69) is 68.1 Å². The minimum atomic E-state index is -0.405. The molecule has 2 aliphatic heterocycles. The van der Waals surface area contributed by atoms with Crippen LogP contribution in [0.1, 0.15) is 67.9 Å². The van der Waals surface area contributed by atoms with Gasteiger partial charge in [-0.05, 0) is 74.6 Å². The van der Waals surface area contributed by atoms with Crippen LogP contribution >= 0.6 is 0 Å². The van der Waals surface area contributed by atoms with E-state index < -0.39 is 5.97 Å². The smallest absolute Gasteiger partial charge is 0.308 e. The van der Waals surface area contributed by atoms with Crippen LogP contribution in [0.4, 0.5) is 0 Å². The molecule has 2 aliphatic carbocycles. The molecule has 1 saturated heterocycles. The Morgan fingerprint density at radius 2 is 1.94 bits per heavy atom. The fourth-order valence-electron chi connectivity index (χ4n) is 9.23. The van der Waals surface area contributed by atoms with Crippen LogP contribution in [-0.2, 0) is 27.8 Å². The fourth-order valence-corrected chi connectivity index (χ4v) is 9.23. The van der Waals surface area contributed by atoms with E-state index in [0.717, 1.165) is 67.4 Å². The number of benzene rings is 3. The first kappa shape index (κ1) is 31.5. The predicted octanol–water partition coefficient (Wildman–Crippen LogP) is 6.47. The van der Waals surface area contributed by atoms with E-state index in [4.69, 9.17) is 9.47 Å². The Balaban J connectivity index is 1.27. The van der Waals surface area contributed by atoms with Gasteiger partial charge in [0.15, 0.2) is 11.5 Å². The Hall–Kier alpha value is -4.10. The molecule has 0 aromatic heterocycles. The van der Waals surface area contributed by atoms with Crippen LogP contribution in [0.2, 0.25) is 0 Å². The van der Waals surface area contributed by atoms with Crippen LogP contribution in [0.15, 0.2) is 66.7 Å². The zero-order chi connectivity index (χ0) is 32.9. The highest BCUT2D eigenvalue weighted by Crippen LogP contribution is 2.65. The number of piperidine rings is 1. The van der Waals surface area contributed by atoms with Crippen molar-refractivity contribution in [2.75, 3.05) is 19.6 Å². The summed E-state index contributed by atoms with van der Waals surface area (Å²) in [7, 11) is 0. The van der Waals surface area contributed by atoms with Gasteiger partial charge in [0, 0.05) is 54.7 Å². The third kappa shape index (κ3) is 5.62. The van der Waals surface area contributed by atoms with E-state index >= 15 is 0 Å². The van der Waals surface area contributed by atoms with Gasteiger partial charge in [0.2, 0.25) is 5.91 Å². The van der Waals surface area contributed by atoms with Gasteiger partial charge in [-0.3, -0.25) is 14.5 Å². The van der Waals surface area contributed by atoms with Gasteiger partial charge in [0.25, 0.3) is 0 Å². The van der Waals surface area contributed by atoms with Crippen LogP contribution in [0.5, 0.6) is 17.2 Å². The third-order valence-corrected chi connectivity index (χ3v) is 11.0. The van der Waals surface area contributed by atoms with Crippen LogP contribution in [0, 0.1) is 18.8 Å². The minimum Gasteiger partial charge on any atom is -0.504 e. The molecule has 0 unspecified atom stereocenters. The summed E-state index contributed by atoms with van der Waals surface area (Å²) in [5.41, 5.74) is 5.08. The Bertz CT molecular complexity index is 1700. The number of esters is 1. The normalized spacial score (nSPS) is 25.8. The fraction of sp³-hybridized carbons (Fsp3) is 0.450. The number of nitrogens with zero attached hydrogens (tertiary/aromatic N) is 2. The molecule has 2 fully saturated rings. The monoisotopic (exact) mass is 634 g/mol. The van der Waals surface area contributed by atoms with Gasteiger partial charge in [-0.2, -0.15) is 0 Å². The number of hydrogen-bond donors (Lipinski definition) is 1. The lowest BCUT2D eigenvalue weighted by atomic mass is 9.50. The zero-order valence-corrected chi connectivity index (χ0v) is 27.9. The first-order valence-electron chi connectivity index (χ1n) is 17.2. The van der Waals surface area contributed by atoms with Gasteiger partial charge < -0.3 is 19.5 Å². The maximum Gasteiger partial charge on any atom is 0.308 e. The van der Waals surface area contributed by atoms with Crippen molar-refractivity contribution in [3.63, 3.8) is 0 Å². The van der Waals surface area contributed by atoms with Crippen molar-refractivity contribution in [2.24, 2.45) is 11.8 Å². The number of phenolic OH excluding ortho intramolecular Hbond substituents is 1. The summed E-state index contributed by atoms with van der Waals surface area (Å²) in [6.07, 6.45) is 7.66. The molecule has 1 amide bonds. The largest absolute Gasteiger partial charge is 0.504 e. The van der Waals surface area contributed by atoms with E-state index in [9.17, 15) is 14.7 Å². The standard InChI is InChI=1S/C40H46N2O5/c1-25(2)24-42(36(45)16-13-29-12-8-9-26(3)21-29)32-15-14-31-33-22-30-35(46-27(4)43)23-34(44)38-37(30)40(31,39(32)47-38)18-20-41(33)19-17-28-10-6-5-7-11-28/h5-13,16,21,23,25,31-33,39,44H,14-15,17-20,22,24H2,1-4H3/t31-,32-,33+,39-,40-/m0/s1. The van der Waals surface area contributed by atoms with Gasteiger partial charge in [-0.15, -0.1) is 0 Å². The molecule has 0 radical (unpaired) electrons. The summed E-state index contributed by atoms with van der Waals surface area (Å²) in [6, 6.07) is 20.4. The molecular formula is C40H46N2O5. The van der Waals surface area contributed by atoms with Crippen molar-refractivity contribution in [1.82, 2.24) is 9.80 Å². The molecule has 7 nitrogen and oxygen atoms in total. The van der Waals surface area contributed by atoms with Gasteiger partial charge in [0.05, 0.1) is 6.04 Å². The lowest BCUT2D eigenvalue weighted by molar-refractivity contribution is -0.138. The number of carbonyl (C=O) groups excluding carboxylic acids is 2. The predicted molar refractivity (Wildman–Crippen MR) is 183 cm³/mol. The highest BCUT2D eigenvalue weighted by molar-refractivity contribution is 5.92. The van der Waals surface area contributed by atoms with Crippen molar-refractivity contribution in [3.8, 4) is 17.2 Å². The number of phenols is 1. The first-order chi connectivity index (χ1) is 22.7. The highest BCUT2D eigenvalue weighted by atomic mass is 16.5. The Morgan fingerprint density at radius 1 is 1.13 bits per heavy atom. The number of rotatable bonds is 9. The van der Waals surface area contributed by atoms with E-state index in [0.29, 0.717) is 24.0 Å². The van der Waals surface area contributed by atoms with E-state index in [1.54, 1.807) is 12.1 Å². The van der Waals surface area contributed by atoms with Gasteiger partial charge >= 0.3 is 5.97 Å². The molecule has 246 valence electrons. The number of aromatic hydroxyl groups is 1. The molecule has 4 aliphatic rings. The SMILES string of the molecule is CC(=O)Oc1cc(O)c2c3c1C[C@@H]1[C@@H]4CC[C@H](N(CC(C)C)C(=O)C=Cc5cccc(C)c5)[C@H](O2)[C@]34CCN1CCc1ccccc1. The topological polar surface area (TPSA) is 79.3 Å². The first-order valence-corrected chi connectivity index (χ1v) is 17.2. The zero-order valence-electron chi connectivity index (χ0n) is 27.9. The van der Waals surface area contributed by atoms with E-state index in [1.807, 2.05) is 23.1 Å². The number of aryl methyl sites for hydroxylation is 1. The minimum absolute atomic E-state index is 0.00677. The Kier molecular flexibility index (Phi) is 8.37. The molecule has 5 atom stereocenters. The lowest BCUT2D eigenvalue weighted by Gasteiger charge is -2.60. The molecule has 7 heteroatoms. The summed E-state index contributed by atoms with van der Waals surface area (Å²) in [6.45, 7) is 10.2. The molecule has 3 aromatic carbocycles.